The van der Waals surface area contributed by atoms with Crippen LogP contribution in [0, 0.1) is 0 Å². The van der Waals surface area contributed by atoms with Crippen molar-refractivity contribution in [3.8, 4) is 11.1 Å². The molecule has 1 heterocycles. The molecule has 35 heavy (non-hydrogen) atoms. The average Bonchev–Trinajstić information content (AvgIpc) is 3.35. The van der Waals surface area contributed by atoms with Gasteiger partial charge in [0.25, 0.3) is 5.91 Å². The molecule has 0 atom stereocenters. The van der Waals surface area contributed by atoms with E-state index in [1.54, 1.807) is 7.05 Å². The van der Waals surface area contributed by atoms with Crippen molar-refractivity contribution in [3.63, 3.8) is 0 Å². The third kappa shape index (κ3) is 4.49. The fourth-order valence-corrected chi connectivity index (χ4v) is 4.76. The molecule has 2 aromatic carbocycles. The summed E-state index contributed by atoms with van der Waals surface area (Å²) in [6.07, 6.45) is 1.95. The van der Waals surface area contributed by atoms with E-state index < -0.39 is 23.5 Å². The molecule has 9 heteroatoms. The zero-order chi connectivity index (χ0) is 24.6. The molecule has 1 aromatic heterocycles. The number of carboxylic acid groups (broad SMARTS) is 1. The van der Waals surface area contributed by atoms with Crippen LogP contribution in [0.2, 0.25) is 0 Å². The number of carbonyl (C=O) groups excluding carboxylic acids is 2. The van der Waals surface area contributed by atoms with Crippen molar-refractivity contribution in [2.24, 2.45) is 7.05 Å². The van der Waals surface area contributed by atoms with Crippen molar-refractivity contribution in [2.45, 2.75) is 37.3 Å². The Labute approximate surface area is 202 Å². The molecule has 0 unspecified atom stereocenters. The van der Waals surface area contributed by atoms with Crippen molar-refractivity contribution in [2.75, 3.05) is 6.61 Å². The average molecular weight is 475 g/mol. The lowest BCUT2D eigenvalue weighted by molar-refractivity contribution is -0.137. The Kier molecular flexibility index (Phi) is 5.76. The molecule has 9 nitrogen and oxygen atoms in total. The predicted molar refractivity (Wildman–Crippen MR) is 127 cm³/mol. The number of fused-ring (bicyclic) bond motifs is 3. The van der Waals surface area contributed by atoms with E-state index in [1.165, 1.54) is 10.9 Å². The molecular formula is C26H26N4O5. The predicted octanol–water partition coefficient (Wildman–Crippen LogP) is 3.20. The van der Waals surface area contributed by atoms with Gasteiger partial charge in [0.05, 0.1) is 36.0 Å². The number of hydrogen-bond acceptors (Lipinski definition) is 5. The van der Waals surface area contributed by atoms with Gasteiger partial charge in [-0.05, 0) is 35.1 Å². The molecule has 0 saturated heterocycles. The quantitative estimate of drug-likeness (QED) is 0.461. The second kappa shape index (κ2) is 8.90. The van der Waals surface area contributed by atoms with E-state index in [4.69, 9.17) is 9.84 Å². The fourth-order valence-electron chi connectivity index (χ4n) is 4.76. The highest BCUT2D eigenvalue weighted by Gasteiger charge is 2.46. The molecule has 2 aliphatic rings. The molecule has 5 rings (SSSR count). The summed E-state index contributed by atoms with van der Waals surface area (Å²) < 4.78 is 7.08. The zero-order valence-corrected chi connectivity index (χ0v) is 19.3. The summed E-state index contributed by atoms with van der Waals surface area (Å²) >= 11 is 0. The number of ether oxygens (including phenoxy) is 1. The maximum Gasteiger partial charge on any atom is 0.407 e. The second-order valence-electron chi connectivity index (χ2n) is 9.11. The van der Waals surface area contributed by atoms with Crippen molar-refractivity contribution < 1.29 is 24.2 Å². The summed E-state index contributed by atoms with van der Waals surface area (Å²) in [7, 11) is 1.68. The summed E-state index contributed by atoms with van der Waals surface area (Å²) in [5.74, 6) is -1.40. The van der Waals surface area contributed by atoms with Gasteiger partial charge in [-0.25, -0.2) is 4.79 Å². The van der Waals surface area contributed by atoms with E-state index in [0.717, 1.165) is 22.3 Å². The smallest absolute Gasteiger partial charge is 0.407 e. The Morgan fingerprint density at radius 3 is 2.31 bits per heavy atom. The summed E-state index contributed by atoms with van der Waals surface area (Å²) in [5, 5.41) is 18.7. The molecule has 0 radical (unpaired) electrons. The maximum atomic E-state index is 12.8. The number of rotatable bonds is 8. The number of alkyl carbamates (subject to hydrolysis) is 1. The van der Waals surface area contributed by atoms with E-state index in [0.29, 0.717) is 24.1 Å². The van der Waals surface area contributed by atoms with Crippen LogP contribution in [0.3, 0.4) is 0 Å². The summed E-state index contributed by atoms with van der Waals surface area (Å²) in [6, 6.07) is 16.2. The Balaban J connectivity index is 1.21. The van der Waals surface area contributed by atoms with Gasteiger partial charge in [-0.1, -0.05) is 48.5 Å². The number of hydrogen-bond donors (Lipinski definition) is 3. The molecule has 2 aliphatic carbocycles. The highest BCUT2D eigenvalue weighted by atomic mass is 16.5. The van der Waals surface area contributed by atoms with Gasteiger partial charge in [0.15, 0.2) is 0 Å². The van der Waals surface area contributed by atoms with E-state index in [-0.39, 0.29) is 25.5 Å². The number of carbonyl (C=O) groups is 3. The largest absolute Gasteiger partial charge is 0.481 e. The van der Waals surface area contributed by atoms with Gasteiger partial charge in [0, 0.05) is 13.0 Å². The van der Waals surface area contributed by atoms with Crippen LogP contribution in [0.1, 0.15) is 52.4 Å². The van der Waals surface area contributed by atoms with Gasteiger partial charge in [-0.2, -0.15) is 5.10 Å². The van der Waals surface area contributed by atoms with Gasteiger partial charge in [-0.15, -0.1) is 0 Å². The van der Waals surface area contributed by atoms with Crippen LogP contribution in [0.15, 0.2) is 54.7 Å². The van der Waals surface area contributed by atoms with Crippen LogP contribution in [-0.2, 0) is 23.1 Å². The number of nitrogens with one attached hydrogen (secondary N) is 2. The number of aryl methyl sites for hydroxylation is 1. The van der Waals surface area contributed by atoms with E-state index >= 15 is 0 Å². The maximum absolute atomic E-state index is 12.8. The van der Waals surface area contributed by atoms with Gasteiger partial charge < -0.3 is 20.5 Å². The van der Waals surface area contributed by atoms with Crippen LogP contribution >= 0.6 is 0 Å². The normalized spacial score (nSPS) is 15.1. The third-order valence-electron chi connectivity index (χ3n) is 6.77. The third-order valence-corrected chi connectivity index (χ3v) is 6.77. The zero-order valence-electron chi connectivity index (χ0n) is 19.3. The monoisotopic (exact) mass is 474 g/mol. The Morgan fingerprint density at radius 1 is 1.09 bits per heavy atom. The molecule has 1 fully saturated rings. The SMILES string of the molecule is Cn1ncc(C(=O)NC2(CC(=O)O)CC2)c1CNC(=O)OCC1c2ccccc2-c2ccccc21. The van der Waals surface area contributed by atoms with Crippen molar-refractivity contribution in [3.05, 3.63) is 77.1 Å². The first-order valence-corrected chi connectivity index (χ1v) is 11.5. The van der Waals surface area contributed by atoms with E-state index in [2.05, 4.69) is 40.0 Å². The van der Waals surface area contributed by atoms with Gasteiger partial charge >= 0.3 is 12.1 Å². The minimum absolute atomic E-state index is 0.0435. The summed E-state index contributed by atoms with van der Waals surface area (Å²) in [6.45, 7) is 0.234. The highest BCUT2D eigenvalue weighted by Crippen LogP contribution is 2.44. The Hall–Kier alpha value is -4.14. The lowest BCUT2D eigenvalue weighted by Crippen LogP contribution is -2.39. The van der Waals surface area contributed by atoms with Crippen LogP contribution in [0.5, 0.6) is 0 Å². The van der Waals surface area contributed by atoms with Crippen LogP contribution in [-0.4, -0.2) is 45.0 Å². The van der Waals surface area contributed by atoms with Crippen molar-refractivity contribution in [1.29, 1.82) is 0 Å². The molecule has 3 aromatic rings. The molecular weight excluding hydrogens is 448 g/mol. The Morgan fingerprint density at radius 2 is 1.71 bits per heavy atom. The molecule has 0 bridgehead atoms. The van der Waals surface area contributed by atoms with Gasteiger partial charge in [-0.3, -0.25) is 14.3 Å². The molecule has 3 N–H and O–H groups in total. The highest BCUT2D eigenvalue weighted by molar-refractivity contribution is 5.96. The van der Waals surface area contributed by atoms with E-state index in [9.17, 15) is 14.4 Å². The summed E-state index contributed by atoms with van der Waals surface area (Å²) in [5.41, 5.74) is 4.66. The minimum Gasteiger partial charge on any atom is -0.481 e. The van der Waals surface area contributed by atoms with Crippen molar-refractivity contribution >= 4 is 18.0 Å². The topological polar surface area (TPSA) is 123 Å². The molecule has 180 valence electrons. The first-order valence-electron chi connectivity index (χ1n) is 11.5. The second-order valence-corrected chi connectivity index (χ2v) is 9.11. The first-order chi connectivity index (χ1) is 16.9. The first kappa shape index (κ1) is 22.6. The standard InChI is InChI=1S/C26H26N4O5/c1-30-22(20(13-28-30)24(33)29-26(10-11-26)12-23(31)32)14-27-25(34)35-15-21-18-8-4-2-6-16(18)17-7-3-5-9-19(17)21/h2-9,13,21H,10-12,14-15H2,1H3,(H,27,34)(H,29,33)(H,31,32). The number of benzene rings is 2. The molecule has 0 spiro atoms. The number of amides is 2. The number of aliphatic carboxylic acids is 1. The molecule has 0 aliphatic heterocycles. The summed E-state index contributed by atoms with van der Waals surface area (Å²) in [4.78, 5) is 36.4. The van der Waals surface area contributed by atoms with E-state index in [1.807, 2.05) is 24.3 Å². The van der Waals surface area contributed by atoms with Crippen LogP contribution in [0.25, 0.3) is 11.1 Å². The number of carboxylic acids is 1. The number of nitrogens with zero attached hydrogens (tertiary/aromatic N) is 2. The van der Waals surface area contributed by atoms with Crippen LogP contribution in [0.4, 0.5) is 4.79 Å². The lowest BCUT2D eigenvalue weighted by Gasteiger charge is -2.16. The van der Waals surface area contributed by atoms with Gasteiger partial charge in [0.2, 0.25) is 0 Å². The van der Waals surface area contributed by atoms with Crippen molar-refractivity contribution in [1.82, 2.24) is 20.4 Å². The minimum atomic E-state index is -0.953. The Bertz CT molecular complexity index is 1270. The molecule has 1 saturated carbocycles. The number of aromatic nitrogens is 2. The fraction of sp³-hybridized carbons (Fsp3) is 0.308. The lowest BCUT2D eigenvalue weighted by atomic mass is 9.98. The van der Waals surface area contributed by atoms with Crippen LogP contribution < -0.4 is 10.6 Å². The molecule has 2 amide bonds. The van der Waals surface area contributed by atoms with Gasteiger partial charge in [0.1, 0.15) is 6.61 Å².